The Morgan fingerprint density at radius 1 is 1.47 bits per heavy atom. The highest BCUT2D eigenvalue weighted by molar-refractivity contribution is 9.10. The predicted octanol–water partition coefficient (Wildman–Crippen LogP) is 3.32. The van der Waals surface area contributed by atoms with Crippen molar-refractivity contribution in [1.82, 2.24) is 4.98 Å². The summed E-state index contributed by atoms with van der Waals surface area (Å²) in [5.74, 6) is -0.131. The molecule has 0 amide bonds. The van der Waals surface area contributed by atoms with Crippen LogP contribution < -0.4 is 0 Å². The molecule has 2 heterocycles. The third-order valence-corrected chi connectivity index (χ3v) is 2.73. The van der Waals surface area contributed by atoms with Crippen molar-refractivity contribution in [3.8, 4) is 0 Å². The number of ketones is 1. The SMILES string of the molecule is O=C(c1ncccc1Cl)c1occc1Br. The number of hydrogen-bond donors (Lipinski definition) is 0. The van der Waals surface area contributed by atoms with Crippen LogP contribution in [0.15, 0.2) is 39.5 Å². The molecule has 0 aromatic carbocycles. The van der Waals surface area contributed by atoms with Gasteiger partial charge in [0.2, 0.25) is 5.78 Å². The molecule has 0 N–H and O–H groups in total. The highest BCUT2D eigenvalue weighted by Crippen LogP contribution is 2.23. The molecule has 2 aromatic heterocycles. The number of carbonyl (C=O) groups excluding carboxylic acids is 1. The van der Waals surface area contributed by atoms with Crippen LogP contribution in [-0.2, 0) is 0 Å². The van der Waals surface area contributed by atoms with Crippen molar-refractivity contribution in [3.05, 3.63) is 51.6 Å². The third kappa shape index (κ3) is 1.96. The fraction of sp³-hybridized carbons (Fsp3) is 0. The normalized spacial score (nSPS) is 10.3. The first-order valence-electron chi connectivity index (χ1n) is 4.08. The van der Waals surface area contributed by atoms with Crippen molar-refractivity contribution in [2.24, 2.45) is 0 Å². The summed E-state index contributed by atoms with van der Waals surface area (Å²) in [4.78, 5) is 15.8. The summed E-state index contributed by atoms with van der Waals surface area (Å²) in [5, 5.41) is 0.311. The summed E-state index contributed by atoms with van der Waals surface area (Å²) < 4.78 is 5.63. The summed E-state index contributed by atoms with van der Waals surface area (Å²) in [6.45, 7) is 0. The van der Waals surface area contributed by atoms with Crippen LogP contribution in [-0.4, -0.2) is 10.8 Å². The maximum atomic E-state index is 11.9. The Kier molecular flexibility index (Phi) is 2.88. The zero-order valence-electron chi connectivity index (χ0n) is 7.41. The van der Waals surface area contributed by atoms with Crippen LogP contribution in [0.2, 0.25) is 5.02 Å². The summed E-state index contributed by atoms with van der Waals surface area (Å²) in [6.07, 6.45) is 2.93. The molecule has 0 fully saturated rings. The van der Waals surface area contributed by atoms with Crippen molar-refractivity contribution in [3.63, 3.8) is 0 Å². The Bertz CT molecular complexity index is 510. The second-order valence-electron chi connectivity index (χ2n) is 2.76. The topological polar surface area (TPSA) is 43.1 Å². The predicted molar refractivity (Wildman–Crippen MR) is 59.1 cm³/mol. The molecule has 0 aliphatic carbocycles. The van der Waals surface area contributed by atoms with Crippen molar-refractivity contribution in [2.45, 2.75) is 0 Å². The van der Waals surface area contributed by atoms with E-state index in [-0.39, 0.29) is 17.2 Å². The number of rotatable bonds is 2. The average Bonchev–Trinajstić information content (AvgIpc) is 2.64. The zero-order valence-corrected chi connectivity index (χ0v) is 9.75. The van der Waals surface area contributed by atoms with Gasteiger partial charge in [0.25, 0.3) is 0 Å². The van der Waals surface area contributed by atoms with Crippen LogP contribution >= 0.6 is 27.5 Å². The number of furan rings is 1. The highest BCUT2D eigenvalue weighted by Gasteiger charge is 2.19. The molecule has 0 atom stereocenters. The first kappa shape index (κ1) is 10.4. The van der Waals surface area contributed by atoms with Gasteiger partial charge >= 0.3 is 0 Å². The lowest BCUT2D eigenvalue weighted by Gasteiger charge is -1.99. The maximum absolute atomic E-state index is 11.9. The largest absolute Gasteiger partial charge is 0.460 e. The molecule has 5 heteroatoms. The molecule has 2 aromatic rings. The minimum absolute atomic E-state index is 0.190. The van der Waals surface area contributed by atoms with Crippen LogP contribution in [0.25, 0.3) is 0 Å². The molecule has 0 aliphatic heterocycles. The molecular formula is C10H5BrClNO2. The minimum atomic E-state index is -0.336. The first-order chi connectivity index (χ1) is 7.20. The zero-order chi connectivity index (χ0) is 10.8. The molecule has 76 valence electrons. The van der Waals surface area contributed by atoms with Crippen molar-refractivity contribution >= 4 is 33.3 Å². The van der Waals surface area contributed by atoms with Crippen LogP contribution in [0.5, 0.6) is 0 Å². The van der Waals surface area contributed by atoms with Gasteiger partial charge in [-0.3, -0.25) is 9.78 Å². The summed E-state index contributed by atoms with van der Waals surface area (Å²) in [5.41, 5.74) is 0.190. The van der Waals surface area contributed by atoms with Gasteiger partial charge in [-0.05, 0) is 34.1 Å². The fourth-order valence-electron chi connectivity index (χ4n) is 1.12. The van der Waals surface area contributed by atoms with Crippen LogP contribution in [0.3, 0.4) is 0 Å². The molecule has 2 rings (SSSR count). The summed E-state index contributed by atoms with van der Waals surface area (Å²) in [7, 11) is 0. The Morgan fingerprint density at radius 2 is 2.27 bits per heavy atom. The van der Waals surface area contributed by atoms with Crippen LogP contribution in [0.1, 0.15) is 16.2 Å². The van der Waals surface area contributed by atoms with Crippen molar-refractivity contribution < 1.29 is 9.21 Å². The van der Waals surface area contributed by atoms with Crippen molar-refractivity contribution in [1.29, 1.82) is 0 Å². The van der Waals surface area contributed by atoms with Gasteiger partial charge in [0.05, 0.1) is 15.8 Å². The lowest BCUT2D eigenvalue weighted by atomic mass is 10.2. The summed E-state index contributed by atoms with van der Waals surface area (Å²) in [6, 6.07) is 4.92. The van der Waals surface area contributed by atoms with E-state index in [0.717, 1.165) is 0 Å². The van der Waals surface area contributed by atoms with E-state index in [4.69, 9.17) is 16.0 Å². The Hall–Kier alpha value is -1.13. The number of pyridine rings is 1. The Morgan fingerprint density at radius 3 is 2.87 bits per heavy atom. The standard InChI is InChI=1S/C10H5BrClNO2/c11-6-3-5-15-10(6)9(14)8-7(12)2-1-4-13-8/h1-5H. The van der Waals surface area contributed by atoms with Gasteiger partial charge in [-0.15, -0.1) is 0 Å². The first-order valence-corrected chi connectivity index (χ1v) is 5.25. The highest BCUT2D eigenvalue weighted by atomic mass is 79.9. The molecule has 0 unspecified atom stereocenters. The average molecular weight is 287 g/mol. The molecular weight excluding hydrogens is 281 g/mol. The van der Waals surface area contributed by atoms with E-state index in [9.17, 15) is 4.79 Å². The van der Waals surface area contributed by atoms with E-state index in [1.165, 1.54) is 12.5 Å². The molecule has 0 saturated heterocycles. The molecule has 3 nitrogen and oxygen atoms in total. The molecule has 15 heavy (non-hydrogen) atoms. The minimum Gasteiger partial charge on any atom is -0.460 e. The van der Waals surface area contributed by atoms with Gasteiger partial charge < -0.3 is 4.42 Å². The molecule has 0 radical (unpaired) electrons. The third-order valence-electron chi connectivity index (χ3n) is 1.80. The quantitative estimate of drug-likeness (QED) is 0.795. The smallest absolute Gasteiger partial charge is 0.249 e. The monoisotopic (exact) mass is 285 g/mol. The second kappa shape index (κ2) is 4.16. The van der Waals surface area contributed by atoms with Gasteiger partial charge in [0, 0.05) is 6.20 Å². The number of carbonyl (C=O) groups is 1. The van der Waals surface area contributed by atoms with E-state index >= 15 is 0 Å². The van der Waals surface area contributed by atoms with Gasteiger partial charge in [-0.2, -0.15) is 0 Å². The van der Waals surface area contributed by atoms with Crippen LogP contribution in [0.4, 0.5) is 0 Å². The van der Waals surface area contributed by atoms with E-state index in [2.05, 4.69) is 20.9 Å². The Balaban J connectivity index is 2.46. The lowest BCUT2D eigenvalue weighted by molar-refractivity contribution is 0.100. The van der Waals surface area contributed by atoms with Gasteiger partial charge in [-0.1, -0.05) is 11.6 Å². The molecule has 0 spiro atoms. The maximum Gasteiger partial charge on any atom is 0.249 e. The lowest BCUT2D eigenvalue weighted by Crippen LogP contribution is -2.03. The van der Waals surface area contributed by atoms with E-state index < -0.39 is 0 Å². The number of nitrogens with zero attached hydrogens (tertiary/aromatic N) is 1. The van der Waals surface area contributed by atoms with E-state index in [1.807, 2.05) is 0 Å². The second-order valence-corrected chi connectivity index (χ2v) is 4.02. The summed E-state index contributed by atoms with van der Waals surface area (Å²) >= 11 is 9.05. The van der Waals surface area contributed by atoms with Gasteiger partial charge in [-0.25, -0.2) is 0 Å². The van der Waals surface area contributed by atoms with Gasteiger partial charge in [0.15, 0.2) is 5.76 Å². The molecule has 0 aliphatic rings. The molecule has 0 saturated carbocycles. The van der Waals surface area contributed by atoms with Gasteiger partial charge in [0.1, 0.15) is 5.69 Å². The Labute approximate surface area is 99.2 Å². The number of hydrogen-bond acceptors (Lipinski definition) is 3. The van der Waals surface area contributed by atoms with E-state index in [0.29, 0.717) is 9.50 Å². The number of aromatic nitrogens is 1. The fourth-order valence-corrected chi connectivity index (χ4v) is 1.70. The van der Waals surface area contributed by atoms with Crippen molar-refractivity contribution in [2.75, 3.05) is 0 Å². The van der Waals surface area contributed by atoms with Crippen LogP contribution in [0, 0.1) is 0 Å². The van der Waals surface area contributed by atoms with E-state index in [1.54, 1.807) is 18.2 Å². The molecule has 0 bridgehead atoms. The number of halogens is 2.